The van der Waals surface area contributed by atoms with Gasteiger partial charge in [0, 0.05) is 13.1 Å². The maximum atomic E-state index is 10.4. The maximum absolute atomic E-state index is 10.4. The molecule has 1 aliphatic rings. The van der Waals surface area contributed by atoms with E-state index in [-0.39, 0.29) is 6.61 Å². The van der Waals surface area contributed by atoms with Crippen molar-refractivity contribution >= 4 is 17.0 Å². The molecule has 1 atom stereocenters. The molecular formula is C20H25N5O3. The van der Waals surface area contributed by atoms with Crippen molar-refractivity contribution in [1.29, 1.82) is 0 Å². The van der Waals surface area contributed by atoms with Gasteiger partial charge in [-0.2, -0.15) is 0 Å². The van der Waals surface area contributed by atoms with E-state index in [4.69, 9.17) is 9.47 Å². The summed E-state index contributed by atoms with van der Waals surface area (Å²) in [6.07, 6.45) is 4.99. The Labute approximate surface area is 163 Å². The molecule has 1 saturated heterocycles. The summed E-state index contributed by atoms with van der Waals surface area (Å²) in [6, 6.07) is 7.69. The molecule has 0 radical (unpaired) electrons. The number of nitrogens with zero attached hydrogens (tertiary/aromatic N) is 5. The van der Waals surface area contributed by atoms with Crippen LogP contribution in [0.15, 0.2) is 36.9 Å². The summed E-state index contributed by atoms with van der Waals surface area (Å²) < 4.78 is 12.7. The molecule has 1 unspecified atom stereocenters. The fourth-order valence-corrected chi connectivity index (χ4v) is 3.48. The number of rotatable bonds is 8. The molecule has 0 spiro atoms. The van der Waals surface area contributed by atoms with Crippen LogP contribution >= 0.6 is 0 Å². The molecular weight excluding hydrogens is 358 g/mol. The number of hydrogen-bond acceptors (Lipinski definition) is 7. The Bertz CT molecular complexity index is 906. The van der Waals surface area contributed by atoms with E-state index < -0.39 is 6.10 Å². The maximum Gasteiger partial charge on any atom is 0.165 e. The molecule has 1 N–H and O–H groups in total. The Morgan fingerprint density at radius 1 is 1.11 bits per heavy atom. The van der Waals surface area contributed by atoms with E-state index >= 15 is 0 Å². The fourth-order valence-electron chi connectivity index (χ4n) is 3.48. The molecule has 8 heteroatoms. The molecule has 0 aliphatic carbocycles. The summed E-state index contributed by atoms with van der Waals surface area (Å²) in [5, 5.41) is 10.4. The van der Waals surface area contributed by atoms with Crippen LogP contribution in [0.1, 0.15) is 18.4 Å². The van der Waals surface area contributed by atoms with Crippen LogP contribution in [0.2, 0.25) is 0 Å². The van der Waals surface area contributed by atoms with Gasteiger partial charge in [0.05, 0.1) is 39.3 Å². The van der Waals surface area contributed by atoms with Crippen LogP contribution in [0, 0.1) is 0 Å². The Morgan fingerprint density at radius 2 is 1.89 bits per heavy atom. The fraction of sp³-hybridized carbons (Fsp3) is 0.450. The molecule has 8 nitrogen and oxygen atoms in total. The van der Waals surface area contributed by atoms with Crippen molar-refractivity contribution in [3.63, 3.8) is 0 Å². The van der Waals surface area contributed by atoms with Gasteiger partial charge in [0.1, 0.15) is 12.1 Å². The zero-order valence-corrected chi connectivity index (χ0v) is 16.0. The van der Waals surface area contributed by atoms with Crippen molar-refractivity contribution < 1.29 is 14.6 Å². The quantitative estimate of drug-likeness (QED) is 0.637. The Hall–Kier alpha value is -2.71. The molecule has 3 aromatic rings. The lowest BCUT2D eigenvalue weighted by molar-refractivity contribution is 0.0208. The smallest absolute Gasteiger partial charge is 0.165 e. The van der Waals surface area contributed by atoms with Crippen LogP contribution in [-0.2, 0) is 17.9 Å². The van der Waals surface area contributed by atoms with Crippen LogP contribution < -0.4 is 9.64 Å². The predicted octanol–water partition coefficient (Wildman–Crippen LogP) is 2.01. The highest BCUT2D eigenvalue weighted by molar-refractivity contribution is 5.83. The zero-order chi connectivity index (χ0) is 19.3. The predicted molar refractivity (Wildman–Crippen MR) is 105 cm³/mol. The Balaban J connectivity index is 1.35. The third kappa shape index (κ3) is 4.07. The number of anilines is 1. The summed E-state index contributed by atoms with van der Waals surface area (Å²) in [7, 11) is 1.64. The second-order valence-electron chi connectivity index (χ2n) is 6.98. The average Bonchev–Trinajstić information content (AvgIpc) is 3.39. The van der Waals surface area contributed by atoms with Gasteiger partial charge in [0.25, 0.3) is 0 Å². The van der Waals surface area contributed by atoms with Crippen LogP contribution in [0.4, 0.5) is 5.82 Å². The van der Waals surface area contributed by atoms with E-state index in [9.17, 15) is 5.11 Å². The summed E-state index contributed by atoms with van der Waals surface area (Å²) >= 11 is 0. The molecule has 4 rings (SSSR count). The van der Waals surface area contributed by atoms with Gasteiger partial charge in [-0.05, 0) is 30.5 Å². The van der Waals surface area contributed by atoms with Gasteiger partial charge in [0.2, 0.25) is 0 Å². The standard InChI is InChI=1S/C20H25N5O3/c1-27-17-6-4-15(5-7-17)11-28-12-16(26)10-25-14-23-18-19(21-13-22-20(18)25)24-8-2-3-9-24/h4-7,13-14,16,26H,2-3,8-12H2,1H3. The zero-order valence-electron chi connectivity index (χ0n) is 16.0. The number of benzene rings is 1. The largest absolute Gasteiger partial charge is 0.497 e. The minimum absolute atomic E-state index is 0.232. The van der Waals surface area contributed by atoms with Gasteiger partial charge in [0.15, 0.2) is 17.0 Å². The number of aromatic nitrogens is 4. The van der Waals surface area contributed by atoms with Crippen molar-refractivity contribution in [1.82, 2.24) is 19.5 Å². The summed E-state index contributed by atoms with van der Waals surface area (Å²) in [5.74, 6) is 1.69. The Morgan fingerprint density at radius 3 is 2.64 bits per heavy atom. The highest BCUT2D eigenvalue weighted by atomic mass is 16.5. The Kier molecular flexibility index (Phi) is 5.68. The first-order chi connectivity index (χ1) is 13.7. The van der Waals surface area contributed by atoms with Gasteiger partial charge in [-0.1, -0.05) is 12.1 Å². The molecule has 28 heavy (non-hydrogen) atoms. The average molecular weight is 383 g/mol. The number of fused-ring (bicyclic) bond motifs is 1. The highest BCUT2D eigenvalue weighted by Gasteiger charge is 2.19. The van der Waals surface area contributed by atoms with Crippen LogP contribution in [0.3, 0.4) is 0 Å². The van der Waals surface area contributed by atoms with E-state index in [1.54, 1.807) is 19.8 Å². The number of aliphatic hydroxyl groups is 1. The van der Waals surface area contributed by atoms with Gasteiger partial charge in [-0.3, -0.25) is 0 Å². The SMILES string of the molecule is COc1ccc(COCC(O)Cn2cnc3c(N4CCCC4)ncnc32)cc1. The molecule has 0 saturated carbocycles. The number of imidazole rings is 1. The van der Waals surface area contributed by atoms with Gasteiger partial charge >= 0.3 is 0 Å². The third-order valence-corrected chi connectivity index (χ3v) is 4.93. The summed E-state index contributed by atoms with van der Waals surface area (Å²) in [4.78, 5) is 15.5. The van der Waals surface area contributed by atoms with Crippen molar-refractivity contribution in [2.45, 2.75) is 32.1 Å². The van der Waals surface area contributed by atoms with Gasteiger partial charge < -0.3 is 24.0 Å². The second kappa shape index (κ2) is 8.53. The molecule has 2 aromatic heterocycles. The second-order valence-corrected chi connectivity index (χ2v) is 6.98. The van der Waals surface area contributed by atoms with E-state index in [0.717, 1.165) is 41.4 Å². The van der Waals surface area contributed by atoms with Crippen molar-refractivity contribution in [2.24, 2.45) is 0 Å². The molecule has 148 valence electrons. The number of hydrogen-bond donors (Lipinski definition) is 1. The van der Waals surface area contributed by atoms with Crippen molar-refractivity contribution in [2.75, 3.05) is 31.7 Å². The van der Waals surface area contributed by atoms with Crippen molar-refractivity contribution in [3.8, 4) is 5.75 Å². The number of methoxy groups -OCH3 is 1. The molecule has 3 heterocycles. The summed E-state index contributed by atoms with van der Waals surface area (Å²) in [5.41, 5.74) is 2.56. The van der Waals surface area contributed by atoms with E-state index in [0.29, 0.717) is 13.2 Å². The molecule has 0 amide bonds. The lowest BCUT2D eigenvalue weighted by Gasteiger charge is -2.16. The molecule has 1 aromatic carbocycles. The summed E-state index contributed by atoms with van der Waals surface area (Å²) in [6.45, 7) is 3.04. The monoisotopic (exact) mass is 383 g/mol. The van der Waals surface area contributed by atoms with E-state index in [2.05, 4.69) is 19.9 Å². The van der Waals surface area contributed by atoms with Crippen molar-refractivity contribution in [3.05, 3.63) is 42.5 Å². The minimum atomic E-state index is -0.652. The number of aliphatic hydroxyl groups excluding tert-OH is 1. The first-order valence-corrected chi connectivity index (χ1v) is 9.54. The lowest BCUT2D eigenvalue weighted by atomic mass is 10.2. The molecule has 1 fully saturated rings. The normalized spacial score (nSPS) is 15.3. The van der Waals surface area contributed by atoms with Crippen LogP contribution in [-0.4, -0.2) is 57.5 Å². The lowest BCUT2D eigenvalue weighted by Crippen LogP contribution is -2.22. The topological polar surface area (TPSA) is 85.5 Å². The molecule has 0 bridgehead atoms. The van der Waals surface area contributed by atoms with Crippen LogP contribution in [0.5, 0.6) is 5.75 Å². The van der Waals surface area contributed by atoms with E-state index in [1.807, 2.05) is 28.8 Å². The molecule has 1 aliphatic heterocycles. The number of ether oxygens (including phenoxy) is 2. The van der Waals surface area contributed by atoms with Gasteiger partial charge in [-0.25, -0.2) is 15.0 Å². The first kappa shape index (κ1) is 18.6. The third-order valence-electron chi connectivity index (χ3n) is 4.93. The van der Waals surface area contributed by atoms with E-state index in [1.165, 1.54) is 12.8 Å². The van der Waals surface area contributed by atoms with Crippen LogP contribution in [0.25, 0.3) is 11.2 Å². The first-order valence-electron chi connectivity index (χ1n) is 9.54. The highest BCUT2D eigenvalue weighted by Crippen LogP contribution is 2.24. The van der Waals surface area contributed by atoms with Gasteiger partial charge in [-0.15, -0.1) is 0 Å². The minimum Gasteiger partial charge on any atom is -0.497 e.